The van der Waals surface area contributed by atoms with E-state index in [9.17, 15) is 22.8 Å². The number of hydrogen-bond donors (Lipinski definition) is 3. The first-order chi connectivity index (χ1) is 16.3. The molecule has 0 fully saturated rings. The Hall–Kier alpha value is -4.21. The quantitative estimate of drug-likeness (QED) is 0.349. The Bertz CT molecular complexity index is 1200. The summed E-state index contributed by atoms with van der Waals surface area (Å²) in [7, 11) is 0. The van der Waals surface area contributed by atoms with E-state index in [1.165, 1.54) is 30.3 Å². The van der Waals surface area contributed by atoms with E-state index in [0.29, 0.717) is 17.2 Å². The Labute approximate surface area is 200 Å². The van der Waals surface area contributed by atoms with Crippen molar-refractivity contribution < 1.29 is 32.2 Å². The van der Waals surface area contributed by atoms with Crippen LogP contribution in [0.15, 0.2) is 66.7 Å². The van der Waals surface area contributed by atoms with Crippen LogP contribution < -0.4 is 21.1 Å². The molecular formula is C25H24F3N3O4. The van der Waals surface area contributed by atoms with Crippen molar-refractivity contribution in [3.05, 3.63) is 77.9 Å². The Balaban J connectivity index is 1.62. The van der Waals surface area contributed by atoms with Gasteiger partial charge in [-0.25, -0.2) is 4.79 Å². The smallest absolute Gasteiger partial charge is 0.416 e. The third-order valence-electron chi connectivity index (χ3n) is 4.47. The lowest BCUT2D eigenvalue weighted by molar-refractivity contribution is -0.137. The molecule has 0 aliphatic heterocycles. The Kier molecular flexibility index (Phi) is 7.23. The predicted octanol–water partition coefficient (Wildman–Crippen LogP) is 6.68. The molecule has 0 heterocycles. The van der Waals surface area contributed by atoms with E-state index < -0.39 is 29.3 Å². The van der Waals surface area contributed by atoms with Gasteiger partial charge in [-0.05, 0) is 87.5 Å². The molecule has 3 rings (SSSR count). The molecule has 4 N–H and O–H groups in total. The van der Waals surface area contributed by atoms with Crippen LogP contribution >= 0.6 is 0 Å². The largest absolute Gasteiger partial charge is 0.455 e. The second-order valence-electron chi connectivity index (χ2n) is 8.54. The summed E-state index contributed by atoms with van der Waals surface area (Å²) in [5.74, 6) is 0.193. The highest BCUT2D eigenvalue weighted by molar-refractivity contribution is 6.05. The Morgan fingerprint density at radius 2 is 1.40 bits per heavy atom. The molecule has 3 aromatic rings. The molecule has 35 heavy (non-hydrogen) atoms. The summed E-state index contributed by atoms with van der Waals surface area (Å²) in [6, 6.07) is 15.0. The third kappa shape index (κ3) is 7.39. The first-order valence-electron chi connectivity index (χ1n) is 10.5. The molecule has 0 saturated carbocycles. The summed E-state index contributed by atoms with van der Waals surface area (Å²) < 4.78 is 49.0. The molecule has 0 aliphatic rings. The molecule has 3 aromatic carbocycles. The van der Waals surface area contributed by atoms with E-state index in [4.69, 9.17) is 15.2 Å². The lowest BCUT2D eigenvalue weighted by Crippen LogP contribution is -2.27. The van der Waals surface area contributed by atoms with Gasteiger partial charge in [-0.15, -0.1) is 0 Å². The number of carbonyl (C=O) groups is 2. The molecule has 10 heteroatoms. The number of anilines is 3. The molecule has 0 radical (unpaired) electrons. The fraction of sp³-hybridized carbons (Fsp3) is 0.200. The van der Waals surface area contributed by atoms with E-state index >= 15 is 0 Å². The normalized spacial score (nSPS) is 11.5. The van der Waals surface area contributed by atoms with Gasteiger partial charge in [0.15, 0.2) is 0 Å². The topological polar surface area (TPSA) is 103 Å². The minimum Gasteiger partial charge on any atom is -0.455 e. The van der Waals surface area contributed by atoms with Crippen molar-refractivity contribution in [2.75, 3.05) is 16.4 Å². The van der Waals surface area contributed by atoms with Gasteiger partial charge in [0.1, 0.15) is 17.1 Å². The van der Waals surface area contributed by atoms with Crippen LogP contribution in [0.25, 0.3) is 0 Å². The average molecular weight is 487 g/mol. The van der Waals surface area contributed by atoms with Crippen LogP contribution in [0.4, 0.5) is 35.0 Å². The number of nitrogens with one attached hydrogen (secondary N) is 2. The fourth-order valence-electron chi connectivity index (χ4n) is 2.88. The minimum absolute atomic E-state index is 0.182. The molecule has 0 unspecified atom stereocenters. The molecule has 2 amide bonds. The number of ether oxygens (including phenoxy) is 2. The van der Waals surface area contributed by atoms with Gasteiger partial charge in [0, 0.05) is 16.9 Å². The van der Waals surface area contributed by atoms with Crippen molar-refractivity contribution in [2.45, 2.75) is 32.5 Å². The van der Waals surface area contributed by atoms with Gasteiger partial charge < -0.3 is 20.5 Å². The summed E-state index contributed by atoms with van der Waals surface area (Å²) in [4.78, 5) is 24.3. The van der Waals surface area contributed by atoms with E-state index in [2.05, 4.69) is 10.6 Å². The van der Waals surface area contributed by atoms with Crippen molar-refractivity contribution in [1.29, 1.82) is 0 Å². The first kappa shape index (κ1) is 25.4. The maximum Gasteiger partial charge on any atom is 0.416 e. The van der Waals surface area contributed by atoms with Crippen LogP contribution in [0.3, 0.4) is 0 Å². The maximum atomic E-state index is 12.7. The van der Waals surface area contributed by atoms with Gasteiger partial charge in [-0.2, -0.15) is 13.2 Å². The minimum atomic E-state index is -4.46. The number of nitrogen functional groups attached to an aromatic ring is 1. The van der Waals surface area contributed by atoms with Crippen LogP contribution in [0.1, 0.15) is 36.7 Å². The summed E-state index contributed by atoms with van der Waals surface area (Å²) in [5, 5.41) is 5.13. The fourth-order valence-corrected chi connectivity index (χ4v) is 2.88. The third-order valence-corrected chi connectivity index (χ3v) is 4.47. The molecule has 0 bridgehead atoms. The standard InChI is InChI=1S/C25H24F3N3O4/c1-24(2,3)35-23(33)31-18-9-11-19(12-10-18)34-21-13-4-15(14-20(21)29)22(32)30-17-7-5-16(6-8-17)25(26,27)28/h4-14H,29H2,1-3H3,(H,30,32)(H,31,33). The molecule has 7 nitrogen and oxygen atoms in total. The van der Waals surface area contributed by atoms with E-state index in [1.807, 2.05) is 0 Å². The molecule has 184 valence electrons. The van der Waals surface area contributed by atoms with Crippen molar-refractivity contribution in [3.63, 3.8) is 0 Å². The first-order valence-corrected chi connectivity index (χ1v) is 10.5. The molecule has 0 spiro atoms. The SMILES string of the molecule is CC(C)(C)OC(=O)Nc1ccc(Oc2ccc(C(=O)Nc3ccc(C(F)(F)F)cc3)cc2N)cc1. The number of amides is 2. The second-order valence-corrected chi connectivity index (χ2v) is 8.54. The van der Waals surface area contributed by atoms with Crippen molar-refractivity contribution in [2.24, 2.45) is 0 Å². The lowest BCUT2D eigenvalue weighted by atomic mass is 10.1. The highest BCUT2D eigenvalue weighted by atomic mass is 19.4. The van der Waals surface area contributed by atoms with Crippen LogP contribution in [0, 0.1) is 0 Å². The second kappa shape index (κ2) is 9.96. The van der Waals surface area contributed by atoms with Gasteiger partial charge >= 0.3 is 12.3 Å². The zero-order chi connectivity index (χ0) is 25.8. The van der Waals surface area contributed by atoms with Crippen LogP contribution in [0.2, 0.25) is 0 Å². The molecule has 0 atom stereocenters. The number of rotatable bonds is 5. The van der Waals surface area contributed by atoms with Crippen LogP contribution in [-0.4, -0.2) is 17.6 Å². The Morgan fingerprint density at radius 3 is 1.94 bits per heavy atom. The molecule has 0 saturated heterocycles. The van der Waals surface area contributed by atoms with Crippen LogP contribution in [0.5, 0.6) is 11.5 Å². The number of nitrogens with two attached hydrogens (primary N) is 1. The average Bonchev–Trinajstić information content (AvgIpc) is 2.75. The number of hydrogen-bond acceptors (Lipinski definition) is 5. The molecular weight excluding hydrogens is 463 g/mol. The Morgan fingerprint density at radius 1 is 0.829 bits per heavy atom. The summed E-state index contributed by atoms with van der Waals surface area (Å²) in [6.07, 6.45) is -5.04. The monoisotopic (exact) mass is 487 g/mol. The summed E-state index contributed by atoms with van der Waals surface area (Å²) >= 11 is 0. The van der Waals surface area contributed by atoms with Gasteiger partial charge in [-0.1, -0.05) is 0 Å². The van der Waals surface area contributed by atoms with Gasteiger partial charge in [0.25, 0.3) is 5.91 Å². The van der Waals surface area contributed by atoms with Gasteiger partial charge in [-0.3, -0.25) is 10.1 Å². The van der Waals surface area contributed by atoms with Gasteiger partial charge in [0.05, 0.1) is 11.3 Å². The zero-order valence-corrected chi connectivity index (χ0v) is 19.2. The predicted molar refractivity (Wildman–Crippen MR) is 127 cm³/mol. The summed E-state index contributed by atoms with van der Waals surface area (Å²) in [5.41, 5.74) is 5.69. The van der Waals surface area contributed by atoms with Crippen molar-refractivity contribution in [1.82, 2.24) is 0 Å². The highest BCUT2D eigenvalue weighted by Crippen LogP contribution is 2.31. The highest BCUT2D eigenvalue weighted by Gasteiger charge is 2.30. The van der Waals surface area contributed by atoms with Crippen molar-refractivity contribution in [3.8, 4) is 11.5 Å². The van der Waals surface area contributed by atoms with Gasteiger partial charge in [0.2, 0.25) is 0 Å². The number of halogens is 3. The van der Waals surface area contributed by atoms with E-state index in [0.717, 1.165) is 12.1 Å². The number of benzene rings is 3. The van der Waals surface area contributed by atoms with E-state index in [-0.39, 0.29) is 16.9 Å². The van der Waals surface area contributed by atoms with E-state index in [1.54, 1.807) is 45.0 Å². The zero-order valence-electron chi connectivity index (χ0n) is 19.2. The van der Waals surface area contributed by atoms with Crippen LogP contribution in [-0.2, 0) is 10.9 Å². The maximum absolute atomic E-state index is 12.7. The molecule has 0 aromatic heterocycles. The number of alkyl halides is 3. The summed E-state index contributed by atoms with van der Waals surface area (Å²) in [6.45, 7) is 5.28. The lowest BCUT2D eigenvalue weighted by Gasteiger charge is -2.19. The molecule has 0 aliphatic carbocycles. The number of carbonyl (C=O) groups excluding carboxylic acids is 2. The van der Waals surface area contributed by atoms with Crippen molar-refractivity contribution >= 4 is 29.1 Å².